The first kappa shape index (κ1) is 16.2. The van der Waals surface area contributed by atoms with Crippen LogP contribution in [0.4, 0.5) is 10.5 Å². The van der Waals surface area contributed by atoms with E-state index in [1.807, 2.05) is 0 Å². The molecule has 22 heavy (non-hydrogen) atoms. The number of urea groups is 1. The third kappa shape index (κ3) is 2.88. The van der Waals surface area contributed by atoms with Crippen molar-refractivity contribution < 1.29 is 19.2 Å². The van der Waals surface area contributed by atoms with Gasteiger partial charge in [0.05, 0.1) is 11.3 Å². The number of allylic oxidation sites excluding steroid dienone is 1. The van der Waals surface area contributed by atoms with E-state index in [1.54, 1.807) is 0 Å². The van der Waals surface area contributed by atoms with Gasteiger partial charge < -0.3 is 5.32 Å². The summed E-state index contributed by atoms with van der Waals surface area (Å²) in [7, 11) is 0. The van der Waals surface area contributed by atoms with Crippen molar-refractivity contribution in [2.24, 2.45) is 0 Å². The first-order chi connectivity index (χ1) is 10.2. The van der Waals surface area contributed by atoms with Crippen LogP contribution in [0.3, 0.4) is 0 Å². The molecule has 0 spiro atoms. The molecule has 1 N–H and O–H groups in total. The monoisotopic (exact) mass is 340 g/mol. The Hall–Kier alpha value is -2.18. The van der Waals surface area contributed by atoms with E-state index in [1.165, 1.54) is 18.2 Å². The molecule has 0 aromatic heterocycles. The number of rotatable bonds is 3. The third-order valence-electron chi connectivity index (χ3n) is 2.91. The maximum absolute atomic E-state index is 12.4. The lowest BCUT2D eigenvalue weighted by Gasteiger charge is -2.12. The number of anilines is 1. The van der Waals surface area contributed by atoms with Crippen molar-refractivity contribution in [1.29, 1.82) is 0 Å². The highest BCUT2D eigenvalue weighted by atomic mass is 35.5. The van der Waals surface area contributed by atoms with Crippen molar-refractivity contribution in [2.45, 2.75) is 13.8 Å². The molecule has 8 heteroatoms. The summed E-state index contributed by atoms with van der Waals surface area (Å²) >= 11 is 11.7. The molecule has 1 aliphatic heterocycles. The van der Waals surface area contributed by atoms with Crippen molar-refractivity contribution in [3.63, 3.8) is 0 Å². The molecule has 0 saturated carbocycles. The molecule has 1 aromatic rings. The van der Waals surface area contributed by atoms with Crippen LogP contribution in [0.25, 0.3) is 0 Å². The molecule has 0 bridgehead atoms. The first-order valence-electron chi connectivity index (χ1n) is 6.10. The lowest BCUT2D eigenvalue weighted by molar-refractivity contribution is -0.121. The van der Waals surface area contributed by atoms with Gasteiger partial charge in [-0.25, -0.2) is 9.69 Å². The summed E-state index contributed by atoms with van der Waals surface area (Å²) in [5.74, 6) is -2.03. The minimum atomic E-state index is -0.816. The molecule has 2 rings (SSSR count). The van der Waals surface area contributed by atoms with E-state index >= 15 is 0 Å². The fraction of sp³-hybridized carbons (Fsp3) is 0.143. The van der Waals surface area contributed by atoms with Crippen molar-refractivity contribution in [3.05, 3.63) is 39.5 Å². The van der Waals surface area contributed by atoms with Crippen LogP contribution >= 0.6 is 23.2 Å². The highest BCUT2D eigenvalue weighted by Gasteiger charge is 2.39. The average Bonchev–Trinajstić information content (AvgIpc) is 2.62. The highest BCUT2D eigenvalue weighted by Crippen LogP contribution is 2.29. The minimum Gasteiger partial charge on any atom is -0.302 e. The average molecular weight is 341 g/mol. The van der Waals surface area contributed by atoms with Gasteiger partial charge >= 0.3 is 6.03 Å². The Kier molecular flexibility index (Phi) is 4.35. The number of amides is 3. The molecule has 3 amide bonds. The Morgan fingerprint density at radius 1 is 1.00 bits per heavy atom. The van der Waals surface area contributed by atoms with Crippen LogP contribution < -0.4 is 10.2 Å². The summed E-state index contributed by atoms with van der Waals surface area (Å²) < 4.78 is 0. The number of Topliss-reactive ketones (excluding diaryl/α,β-unsaturated/α-hetero) is 2. The van der Waals surface area contributed by atoms with Gasteiger partial charge in [-0.05, 0) is 32.0 Å². The maximum atomic E-state index is 12.4. The Morgan fingerprint density at radius 3 is 1.95 bits per heavy atom. The van der Waals surface area contributed by atoms with E-state index in [2.05, 4.69) is 5.32 Å². The van der Waals surface area contributed by atoms with Gasteiger partial charge in [-0.3, -0.25) is 14.4 Å². The second-order valence-corrected chi connectivity index (χ2v) is 5.43. The number of imide groups is 1. The van der Waals surface area contributed by atoms with Crippen LogP contribution in [0.1, 0.15) is 13.8 Å². The summed E-state index contributed by atoms with van der Waals surface area (Å²) in [5.41, 5.74) is -0.559. The molecule has 1 saturated heterocycles. The number of hydrogen-bond acceptors (Lipinski definition) is 4. The molecule has 1 heterocycles. The summed E-state index contributed by atoms with van der Waals surface area (Å²) in [6.07, 6.45) is 0. The summed E-state index contributed by atoms with van der Waals surface area (Å²) in [4.78, 5) is 48.2. The second kappa shape index (κ2) is 5.90. The number of benzene rings is 1. The Morgan fingerprint density at radius 2 is 1.50 bits per heavy atom. The predicted molar refractivity (Wildman–Crippen MR) is 80.9 cm³/mol. The standard InChI is InChI=1S/C14H10Cl2N2O4/c1-6(19)11(7(2)20)12-13(21)18(14(22)17-12)10-4-8(15)3-9(16)5-10/h3-5H,1-2H3,(H,17,22). The molecule has 6 nitrogen and oxygen atoms in total. The van der Waals surface area contributed by atoms with Crippen molar-refractivity contribution >= 4 is 52.4 Å². The van der Waals surface area contributed by atoms with Gasteiger partial charge in [0.25, 0.3) is 5.91 Å². The minimum absolute atomic E-state index is 0.140. The molecule has 0 radical (unpaired) electrons. The van der Waals surface area contributed by atoms with Crippen LogP contribution in [-0.4, -0.2) is 23.5 Å². The number of nitrogens with one attached hydrogen (secondary N) is 1. The molecule has 1 fully saturated rings. The van der Waals surface area contributed by atoms with Crippen LogP contribution in [0, 0.1) is 0 Å². The van der Waals surface area contributed by atoms with Crippen molar-refractivity contribution in [1.82, 2.24) is 5.32 Å². The topological polar surface area (TPSA) is 83.6 Å². The number of carbonyl (C=O) groups is 4. The molecular weight excluding hydrogens is 331 g/mol. The fourth-order valence-electron chi connectivity index (χ4n) is 2.09. The Bertz CT molecular complexity index is 719. The summed E-state index contributed by atoms with van der Waals surface area (Å²) in [6.45, 7) is 2.28. The van der Waals surface area contributed by atoms with Crippen LogP contribution in [0.5, 0.6) is 0 Å². The molecule has 0 unspecified atom stereocenters. The molecular formula is C14H10Cl2N2O4. The fourth-order valence-corrected chi connectivity index (χ4v) is 2.61. The molecule has 1 aromatic carbocycles. The number of hydrogen-bond donors (Lipinski definition) is 1. The molecule has 114 valence electrons. The molecule has 0 aliphatic carbocycles. The SMILES string of the molecule is CC(=O)C(C(C)=O)=C1NC(=O)N(c2cc(Cl)cc(Cl)c2)C1=O. The van der Waals surface area contributed by atoms with Gasteiger partial charge in [0, 0.05) is 10.0 Å². The number of carbonyl (C=O) groups excluding carboxylic acids is 4. The van der Waals surface area contributed by atoms with E-state index in [-0.39, 0.29) is 27.0 Å². The van der Waals surface area contributed by atoms with Gasteiger partial charge in [0.1, 0.15) is 5.70 Å². The summed E-state index contributed by atoms with van der Waals surface area (Å²) in [6, 6.07) is 3.39. The van der Waals surface area contributed by atoms with Gasteiger partial charge in [-0.15, -0.1) is 0 Å². The van der Waals surface area contributed by atoms with Gasteiger partial charge in [0.2, 0.25) is 0 Å². The molecule has 1 aliphatic rings. The smallest absolute Gasteiger partial charge is 0.302 e. The van der Waals surface area contributed by atoms with E-state index in [4.69, 9.17) is 23.2 Å². The van der Waals surface area contributed by atoms with Gasteiger partial charge in [-0.2, -0.15) is 0 Å². The second-order valence-electron chi connectivity index (χ2n) is 4.56. The highest BCUT2D eigenvalue weighted by molar-refractivity contribution is 6.37. The third-order valence-corrected chi connectivity index (χ3v) is 3.35. The van der Waals surface area contributed by atoms with Gasteiger partial charge in [0.15, 0.2) is 11.6 Å². The van der Waals surface area contributed by atoms with Crippen molar-refractivity contribution in [2.75, 3.05) is 4.90 Å². The Labute approximate surface area is 135 Å². The largest absolute Gasteiger partial charge is 0.333 e. The van der Waals surface area contributed by atoms with Crippen molar-refractivity contribution in [3.8, 4) is 0 Å². The molecule has 0 atom stereocenters. The number of nitrogens with zero attached hydrogens (tertiary/aromatic N) is 1. The lowest BCUT2D eigenvalue weighted by Crippen LogP contribution is -2.30. The van der Waals surface area contributed by atoms with E-state index in [0.717, 1.165) is 18.7 Å². The van der Waals surface area contributed by atoms with E-state index in [9.17, 15) is 19.2 Å². The zero-order valence-corrected chi connectivity index (χ0v) is 13.1. The zero-order chi connectivity index (χ0) is 16.6. The first-order valence-corrected chi connectivity index (χ1v) is 6.85. The number of halogens is 2. The summed E-state index contributed by atoms with van der Waals surface area (Å²) in [5, 5.41) is 2.71. The van der Waals surface area contributed by atoms with Crippen LogP contribution in [-0.2, 0) is 14.4 Å². The number of ketones is 2. The normalized spacial score (nSPS) is 14.2. The zero-order valence-electron chi connectivity index (χ0n) is 11.6. The maximum Gasteiger partial charge on any atom is 0.333 e. The predicted octanol–water partition coefficient (Wildman–Crippen LogP) is 2.48. The quantitative estimate of drug-likeness (QED) is 0.396. The van der Waals surface area contributed by atoms with Crippen LogP contribution in [0.2, 0.25) is 10.0 Å². The van der Waals surface area contributed by atoms with Crippen LogP contribution in [0.15, 0.2) is 29.5 Å². The van der Waals surface area contributed by atoms with E-state index < -0.39 is 23.5 Å². The lowest BCUT2D eigenvalue weighted by atomic mass is 10.1. The van der Waals surface area contributed by atoms with Gasteiger partial charge in [-0.1, -0.05) is 23.2 Å². The van der Waals surface area contributed by atoms with E-state index in [0.29, 0.717) is 0 Å². The Balaban J connectivity index is 2.56.